The molecule has 0 aromatic rings. The Morgan fingerprint density at radius 1 is 1.33 bits per heavy atom. The molecule has 0 bridgehead atoms. The number of likely N-dealkylation sites (N-methyl/N-ethyl adjacent to an activating group) is 1. The molecule has 0 saturated carbocycles. The molecule has 2 aliphatic heterocycles. The molecule has 106 valence electrons. The largest absolute Gasteiger partial charge is 0.377 e. The minimum absolute atomic E-state index is 0.392. The van der Waals surface area contributed by atoms with E-state index in [1.807, 2.05) is 0 Å². The quantitative estimate of drug-likeness (QED) is 0.755. The van der Waals surface area contributed by atoms with Gasteiger partial charge in [-0.3, -0.25) is 4.90 Å². The molecule has 2 heterocycles. The van der Waals surface area contributed by atoms with Gasteiger partial charge >= 0.3 is 0 Å². The van der Waals surface area contributed by atoms with Crippen molar-refractivity contribution in [3.05, 3.63) is 0 Å². The van der Waals surface area contributed by atoms with E-state index in [2.05, 4.69) is 24.1 Å². The fraction of sp³-hybridized carbons (Fsp3) is 1.00. The summed E-state index contributed by atoms with van der Waals surface area (Å²) in [6.45, 7) is 10.2. The molecule has 3 heteroatoms. The van der Waals surface area contributed by atoms with E-state index in [0.29, 0.717) is 11.6 Å². The molecule has 0 aromatic heterocycles. The third-order valence-electron chi connectivity index (χ3n) is 4.52. The Labute approximate surface area is 112 Å². The molecule has 0 spiro atoms. The highest BCUT2D eigenvalue weighted by atomic mass is 16.5. The normalized spacial score (nSPS) is 32.5. The predicted molar refractivity (Wildman–Crippen MR) is 76.0 cm³/mol. The Kier molecular flexibility index (Phi) is 5.46. The van der Waals surface area contributed by atoms with Crippen molar-refractivity contribution in [2.75, 3.05) is 32.8 Å². The minimum Gasteiger partial charge on any atom is -0.377 e. The van der Waals surface area contributed by atoms with Crippen LogP contribution in [0.15, 0.2) is 0 Å². The summed E-state index contributed by atoms with van der Waals surface area (Å²) >= 11 is 0. The van der Waals surface area contributed by atoms with Gasteiger partial charge in [-0.1, -0.05) is 20.3 Å². The van der Waals surface area contributed by atoms with Gasteiger partial charge < -0.3 is 10.1 Å². The molecule has 0 aromatic carbocycles. The maximum Gasteiger partial charge on any atom is 0.0702 e. The molecule has 0 radical (unpaired) electrons. The Bertz CT molecular complexity index is 233. The monoisotopic (exact) mass is 254 g/mol. The van der Waals surface area contributed by atoms with Crippen LogP contribution in [0, 0.1) is 0 Å². The molecule has 2 fully saturated rings. The SMILES string of the molecule is CCCC1(CN(CC)CC2CCCO2)CCCN1. The van der Waals surface area contributed by atoms with E-state index in [1.165, 1.54) is 51.6 Å². The molecule has 2 rings (SSSR count). The van der Waals surface area contributed by atoms with Crippen molar-refractivity contribution < 1.29 is 4.74 Å². The smallest absolute Gasteiger partial charge is 0.0702 e. The van der Waals surface area contributed by atoms with Gasteiger partial charge in [-0.05, 0) is 45.2 Å². The van der Waals surface area contributed by atoms with E-state index < -0.39 is 0 Å². The molecule has 3 nitrogen and oxygen atoms in total. The van der Waals surface area contributed by atoms with Crippen LogP contribution >= 0.6 is 0 Å². The second-order valence-corrected chi connectivity index (χ2v) is 6.02. The highest BCUT2D eigenvalue weighted by Crippen LogP contribution is 2.26. The highest BCUT2D eigenvalue weighted by Gasteiger charge is 2.34. The van der Waals surface area contributed by atoms with Crippen LogP contribution in [0.5, 0.6) is 0 Å². The van der Waals surface area contributed by atoms with E-state index in [4.69, 9.17) is 4.74 Å². The van der Waals surface area contributed by atoms with Gasteiger partial charge in [-0.25, -0.2) is 0 Å². The molecule has 1 N–H and O–H groups in total. The van der Waals surface area contributed by atoms with Crippen LogP contribution in [0.1, 0.15) is 52.4 Å². The second kappa shape index (κ2) is 6.88. The lowest BCUT2D eigenvalue weighted by molar-refractivity contribution is 0.0636. The Hall–Kier alpha value is -0.120. The van der Waals surface area contributed by atoms with Gasteiger partial charge in [0, 0.05) is 25.2 Å². The van der Waals surface area contributed by atoms with Gasteiger partial charge in [0.1, 0.15) is 0 Å². The number of rotatable bonds is 7. The Morgan fingerprint density at radius 2 is 2.22 bits per heavy atom. The summed E-state index contributed by atoms with van der Waals surface area (Å²) in [5, 5.41) is 3.78. The van der Waals surface area contributed by atoms with Gasteiger partial charge in [0.2, 0.25) is 0 Å². The van der Waals surface area contributed by atoms with Crippen molar-refractivity contribution in [1.82, 2.24) is 10.2 Å². The Balaban J connectivity index is 1.86. The van der Waals surface area contributed by atoms with Gasteiger partial charge in [0.15, 0.2) is 0 Å². The summed E-state index contributed by atoms with van der Waals surface area (Å²) in [6.07, 6.45) is 8.29. The van der Waals surface area contributed by atoms with Gasteiger partial charge in [-0.15, -0.1) is 0 Å². The maximum atomic E-state index is 5.78. The van der Waals surface area contributed by atoms with Crippen LogP contribution in [-0.2, 0) is 4.74 Å². The summed E-state index contributed by atoms with van der Waals surface area (Å²) in [5.74, 6) is 0. The lowest BCUT2D eigenvalue weighted by atomic mass is 9.91. The van der Waals surface area contributed by atoms with Crippen molar-refractivity contribution in [3.8, 4) is 0 Å². The zero-order valence-corrected chi connectivity index (χ0v) is 12.2. The lowest BCUT2D eigenvalue weighted by Crippen LogP contribution is -2.51. The summed E-state index contributed by atoms with van der Waals surface area (Å²) < 4.78 is 5.78. The van der Waals surface area contributed by atoms with Crippen molar-refractivity contribution in [2.45, 2.75) is 64.0 Å². The van der Waals surface area contributed by atoms with Crippen LogP contribution in [0.25, 0.3) is 0 Å². The van der Waals surface area contributed by atoms with Crippen LogP contribution in [0.3, 0.4) is 0 Å². The molecule has 0 amide bonds. The Morgan fingerprint density at radius 3 is 2.78 bits per heavy atom. The maximum absolute atomic E-state index is 5.78. The number of hydrogen-bond acceptors (Lipinski definition) is 3. The van der Waals surface area contributed by atoms with Gasteiger partial charge in [-0.2, -0.15) is 0 Å². The fourth-order valence-electron chi connectivity index (χ4n) is 3.58. The molecule has 2 saturated heterocycles. The van der Waals surface area contributed by atoms with E-state index in [-0.39, 0.29) is 0 Å². The molecule has 2 aliphatic rings. The van der Waals surface area contributed by atoms with E-state index >= 15 is 0 Å². The molecular weight excluding hydrogens is 224 g/mol. The summed E-state index contributed by atoms with van der Waals surface area (Å²) in [4.78, 5) is 2.60. The standard InChI is InChI=1S/C15H30N2O/c1-3-8-15(9-6-10-16-15)13-17(4-2)12-14-7-5-11-18-14/h14,16H,3-13H2,1-2H3. The topological polar surface area (TPSA) is 24.5 Å². The number of hydrogen-bond donors (Lipinski definition) is 1. The molecule has 2 unspecified atom stereocenters. The zero-order chi connectivity index (χ0) is 12.8. The minimum atomic E-state index is 0.392. The van der Waals surface area contributed by atoms with Crippen molar-refractivity contribution in [2.24, 2.45) is 0 Å². The summed E-state index contributed by atoms with van der Waals surface area (Å²) in [6, 6.07) is 0. The summed E-state index contributed by atoms with van der Waals surface area (Å²) in [5.41, 5.74) is 0.392. The third kappa shape index (κ3) is 3.69. The third-order valence-corrected chi connectivity index (χ3v) is 4.52. The molecule has 18 heavy (non-hydrogen) atoms. The first-order valence-electron chi connectivity index (χ1n) is 7.87. The first kappa shape index (κ1) is 14.3. The highest BCUT2D eigenvalue weighted by molar-refractivity contribution is 4.95. The van der Waals surface area contributed by atoms with Crippen molar-refractivity contribution >= 4 is 0 Å². The zero-order valence-electron chi connectivity index (χ0n) is 12.2. The first-order valence-corrected chi connectivity index (χ1v) is 7.87. The van der Waals surface area contributed by atoms with Crippen LogP contribution in [0.2, 0.25) is 0 Å². The number of nitrogens with zero attached hydrogens (tertiary/aromatic N) is 1. The van der Waals surface area contributed by atoms with Gasteiger partial charge in [0.05, 0.1) is 6.10 Å². The van der Waals surface area contributed by atoms with Crippen molar-refractivity contribution in [1.29, 1.82) is 0 Å². The first-order chi connectivity index (χ1) is 8.78. The predicted octanol–water partition coefficient (Wildman–Crippen LogP) is 2.41. The number of ether oxygens (including phenoxy) is 1. The molecule has 0 aliphatic carbocycles. The molecule has 2 atom stereocenters. The van der Waals surface area contributed by atoms with Crippen LogP contribution < -0.4 is 5.32 Å². The number of nitrogens with one attached hydrogen (secondary N) is 1. The lowest BCUT2D eigenvalue weighted by Gasteiger charge is -2.36. The van der Waals surface area contributed by atoms with Crippen LogP contribution in [-0.4, -0.2) is 49.3 Å². The van der Waals surface area contributed by atoms with E-state index in [1.54, 1.807) is 0 Å². The second-order valence-electron chi connectivity index (χ2n) is 6.02. The average molecular weight is 254 g/mol. The van der Waals surface area contributed by atoms with E-state index in [0.717, 1.165) is 19.7 Å². The van der Waals surface area contributed by atoms with Gasteiger partial charge in [0.25, 0.3) is 0 Å². The fourth-order valence-corrected chi connectivity index (χ4v) is 3.58. The molecular formula is C15H30N2O. The van der Waals surface area contributed by atoms with E-state index in [9.17, 15) is 0 Å². The van der Waals surface area contributed by atoms with Crippen LogP contribution in [0.4, 0.5) is 0 Å². The average Bonchev–Trinajstić information content (AvgIpc) is 3.01. The summed E-state index contributed by atoms with van der Waals surface area (Å²) in [7, 11) is 0. The van der Waals surface area contributed by atoms with Crippen molar-refractivity contribution in [3.63, 3.8) is 0 Å².